The fourth-order valence-electron chi connectivity index (χ4n) is 1.21. The van der Waals surface area contributed by atoms with Crippen molar-refractivity contribution in [2.45, 2.75) is 25.9 Å². The minimum absolute atomic E-state index is 0.270. The van der Waals surface area contributed by atoms with Crippen LogP contribution in [0.5, 0.6) is 0 Å². The van der Waals surface area contributed by atoms with Gasteiger partial charge in [-0.3, -0.25) is 4.99 Å². The van der Waals surface area contributed by atoms with Gasteiger partial charge in [0.15, 0.2) is 5.96 Å². The number of hydrogen-bond acceptors (Lipinski definition) is 3. The number of hydrogen-bond donors (Lipinski definition) is 3. The van der Waals surface area contributed by atoms with E-state index in [1.54, 1.807) is 18.3 Å². The summed E-state index contributed by atoms with van der Waals surface area (Å²) in [4.78, 5) is 4.13. The molecule has 0 saturated heterocycles. The van der Waals surface area contributed by atoms with Gasteiger partial charge in [-0.25, -0.2) is 0 Å². The third-order valence-electron chi connectivity index (χ3n) is 2.26. The van der Waals surface area contributed by atoms with Crippen LogP contribution in [0.1, 0.15) is 25.8 Å². The molecule has 5 heteroatoms. The van der Waals surface area contributed by atoms with Crippen LogP contribution in [0.15, 0.2) is 21.8 Å². The van der Waals surface area contributed by atoms with Crippen molar-refractivity contribution in [3.63, 3.8) is 0 Å². The molecule has 0 aliphatic heterocycles. The zero-order valence-electron chi connectivity index (χ0n) is 9.73. The Bertz CT molecular complexity index is 333. The van der Waals surface area contributed by atoms with E-state index in [0.29, 0.717) is 5.96 Å². The minimum Gasteiger partial charge on any atom is -0.383 e. The first-order valence-electron chi connectivity index (χ1n) is 5.35. The normalized spacial score (nSPS) is 15.8. The van der Waals surface area contributed by atoms with Crippen molar-refractivity contribution in [2.75, 3.05) is 13.1 Å². The molecule has 0 amide bonds. The average molecular weight is 241 g/mol. The number of rotatable bonds is 5. The SMILES string of the molecule is CCCNC(N)=NCC(C)(O)c1ccsc1. The van der Waals surface area contributed by atoms with E-state index in [1.165, 1.54) is 0 Å². The largest absolute Gasteiger partial charge is 0.383 e. The Labute approximate surface area is 100 Å². The standard InChI is InChI=1S/C11H19N3OS/c1-3-5-13-10(12)14-8-11(2,15)9-4-6-16-7-9/h4,6-7,15H,3,5,8H2,1-2H3,(H3,12,13,14). The van der Waals surface area contributed by atoms with Gasteiger partial charge in [0.05, 0.1) is 6.54 Å². The van der Waals surface area contributed by atoms with Gasteiger partial charge in [0.2, 0.25) is 0 Å². The first kappa shape index (κ1) is 13.0. The second-order valence-corrected chi connectivity index (χ2v) is 4.69. The van der Waals surface area contributed by atoms with Crippen LogP contribution in [0.2, 0.25) is 0 Å². The highest BCUT2D eigenvalue weighted by Gasteiger charge is 2.22. The Balaban J connectivity index is 2.53. The van der Waals surface area contributed by atoms with Crippen molar-refractivity contribution in [3.8, 4) is 0 Å². The molecule has 1 atom stereocenters. The number of aliphatic hydroxyl groups is 1. The maximum atomic E-state index is 10.2. The summed E-state index contributed by atoms with van der Waals surface area (Å²) in [6.07, 6.45) is 0.997. The molecule has 0 spiro atoms. The number of guanidine groups is 1. The van der Waals surface area contributed by atoms with E-state index < -0.39 is 5.60 Å². The molecule has 16 heavy (non-hydrogen) atoms. The fraction of sp³-hybridized carbons (Fsp3) is 0.545. The van der Waals surface area contributed by atoms with E-state index in [-0.39, 0.29) is 6.54 Å². The average Bonchev–Trinajstić information content (AvgIpc) is 2.77. The Morgan fingerprint density at radius 3 is 3.00 bits per heavy atom. The van der Waals surface area contributed by atoms with Crippen LogP contribution < -0.4 is 11.1 Å². The lowest BCUT2D eigenvalue weighted by Gasteiger charge is -2.20. The van der Waals surface area contributed by atoms with Crippen LogP contribution in [-0.2, 0) is 5.60 Å². The Morgan fingerprint density at radius 2 is 2.44 bits per heavy atom. The molecule has 0 radical (unpaired) electrons. The highest BCUT2D eigenvalue weighted by molar-refractivity contribution is 7.08. The van der Waals surface area contributed by atoms with Crippen molar-refractivity contribution < 1.29 is 5.11 Å². The Morgan fingerprint density at radius 1 is 1.69 bits per heavy atom. The van der Waals surface area contributed by atoms with Crippen LogP contribution in [0, 0.1) is 0 Å². The Hall–Kier alpha value is -1.07. The predicted octanol–water partition coefficient (Wildman–Crippen LogP) is 1.27. The zero-order valence-corrected chi connectivity index (χ0v) is 10.5. The summed E-state index contributed by atoms with van der Waals surface area (Å²) in [6.45, 7) is 4.87. The second kappa shape index (κ2) is 5.86. The second-order valence-electron chi connectivity index (χ2n) is 3.91. The maximum Gasteiger partial charge on any atom is 0.188 e. The fourth-order valence-corrected chi connectivity index (χ4v) is 1.99. The topological polar surface area (TPSA) is 70.6 Å². The lowest BCUT2D eigenvalue weighted by Crippen LogP contribution is -2.34. The molecule has 4 N–H and O–H groups in total. The molecular weight excluding hydrogens is 222 g/mol. The van der Waals surface area contributed by atoms with Crippen molar-refractivity contribution in [1.29, 1.82) is 0 Å². The molecule has 1 unspecified atom stereocenters. The van der Waals surface area contributed by atoms with E-state index in [1.807, 2.05) is 16.8 Å². The predicted molar refractivity (Wildman–Crippen MR) is 68.7 cm³/mol. The van der Waals surface area contributed by atoms with Gasteiger partial charge in [0.1, 0.15) is 5.60 Å². The van der Waals surface area contributed by atoms with Gasteiger partial charge in [-0.1, -0.05) is 6.92 Å². The van der Waals surface area contributed by atoms with Gasteiger partial charge in [0, 0.05) is 6.54 Å². The molecule has 0 bridgehead atoms. The van der Waals surface area contributed by atoms with Crippen molar-refractivity contribution in [2.24, 2.45) is 10.7 Å². The van der Waals surface area contributed by atoms with Gasteiger partial charge in [0.25, 0.3) is 0 Å². The number of nitrogens with one attached hydrogen (secondary N) is 1. The first-order valence-corrected chi connectivity index (χ1v) is 6.29. The summed E-state index contributed by atoms with van der Waals surface area (Å²) in [5.74, 6) is 0.386. The lowest BCUT2D eigenvalue weighted by molar-refractivity contribution is 0.0678. The van der Waals surface area contributed by atoms with E-state index in [9.17, 15) is 5.11 Å². The molecule has 0 fully saturated rings. The monoisotopic (exact) mass is 241 g/mol. The van der Waals surface area contributed by atoms with Crippen LogP contribution >= 0.6 is 11.3 Å². The van der Waals surface area contributed by atoms with Crippen LogP contribution in [-0.4, -0.2) is 24.2 Å². The van der Waals surface area contributed by atoms with Crippen LogP contribution in [0.4, 0.5) is 0 Å². The summed E-state index contributed by atoms with van der Waals surface area (Å²) in [5.41, 5.74) is 5.58. The quantitative estimate of drug-likeness (QED) is 0.537. The van der Waals surface area contributed by atoms with Crippen molar-refractivity contribution >= 4 is 17.3 Å². The summed E-state index contributed by atoms with van der Waals surface area (Å²) >= 11 is 1.56. The highest BCUT2D eigenvalue weighted by atomic mass is 32.1. The number of nitrogens with zero attached hydrogens (tertiary/aromatic N) is 1. The van der Waals surface area contributed by atoms with Crippen LogP contribution in [0.25, 0.3) is 0 Å². The first-order chi connectivity index (χ1) is 7.56. The number of thiophene rings is 1. The molecule has 0 aliphatic rings. The lowest BCUT2D eigenvalue weighted by atomic mass is 10.00. The maximum absolute atomic E-state index is 10.2. The van der Waals surface area contributed by atoms with Crippen molar-refractivity contribution in [3.05, 3.63) is 22.4 Å². The summed E-state index contributed by atoms with van der Waals surface area (Å²) in [6, 6.07) is 1.90. The molecule has 1 aromatic rings. The molecular formula is C11H19N3OS. The third kappa shape index (κ3) is 3.83. The van der Waals surface area contributed by atoms with E-state index in [2.05, 4.69) is 17.2 Å². The summed E-state index contributed by atoms with van der Waals surface area (Å²) in [5, 5.41) is 17.0. The highest BCUT2D eigenvalue weighted by Crippen LogP contribution is 2.22. The van der Waals surface area contributed by atoms with Gasteiger partial charge in [-0.2, -0.15) is 11.3 Å². The van der Waals surface area contributed by atoms with E-state index >= 15 is 0 Å². The molecule has 90 valence electrons. The smallest absolute Gasteiger partial charge is 0.188 e. The number of nitrogens with two attached hydrogens (primary N) is 1. The van der Waals surface area contributed by atoms with Gasteiger partial charge in [-0.15, -0.1) is 0 Å². The molecule has 1 aromatic heterocycles. The van der Waals surface area contributed by atoms with E-state index in [0.717, 1.165) is 18.5 Å². The van der Waals surface area contributed by atoms with E-state index in [4.69, 9.17) is 5.73 Å². The van der Waals surface area contributed by atoms with Gasteiger partial charge < -0.3 is 16.2 Å². The van der Waals surface area contributed by atoms with Crippen molar-refractivity contribution in [1.82, 2.24) is 5.32 Å². The molecule has 1 heterocycles. The molecule has 0 aliphatic carbocycles. The molecule has 0 saturated carbocycles. The van der Waals surface area contributed by atoms with Crippen LogP contribution in [0.3, 0.4) is 0 Å². The van der Waals surface area contributed by atoms with Gasteiger partial charge >= 0.3 is 0 Å². The number of aliphatic imine (C=N–C) groups is 1. The minimum atomic E-state index is -0.946. The molecule has 4 nitrogen and oxygen atoms in total. The van der Waals surface area contributed by atoms with Gasteiger partial charge in [-0.05, 0) is 35.7 Å². The summed E-state index contributed by atoms with van der Waals surface area (Å²) in [7, 11) is 0. The third-order valence-corrected chi connectivity index (χ3v) is 2.94. The molecule has 1 rings (SSSR count). The summed E-state index contributed by atoms with van der Waals surface area (Å²) < 4.78 is 0. The molecule has 0 aromatic carbocycles. The Kier molecular flexibility index (Phi) is 4.76. The zero-order chi connectivity index (χ0) is 12.0.